The molecule has 1 N–H and O–H groups in total. The Morgan fingerprint density at radius 3 is 2.28 bits per heavy atom. The lowest BCUT2D eigenvalue weighted by molar-refractivity contribution is 0.108. The lowest BCUT2D eigenvalue weighted by Gasteiger charge is -2.37. The molecule has 0 amide bonds. The molecule has 1 aliphatic heterocycles. The van der Waals surface area contributed by atoms with Crippen molar-refractivity contribution in [2.75, 3.05) is 39.3 Å². The minimum absolute atomic E-state index is 0.715. The average Bonchev–Trinajstić information content (AvgIpc) is 2.40. The first kappa shape index (κ1) is 14.3. The molecular formula is C15H31N3. The Bertz CT molecular complexity index is 216. The Labute approximate surface area is 113 Å². The maximum Gasteiger partial charge on any atom is 0.0113 e. The van der Waals surface area contributed by atoms with E-state index in [-0.39, 0.29) is 0 Å². The smallest absolute Gasteiger partial charge is 0.0113 e. The molecule has 0 aromatic rings. The monoisotopic (exact) mass is 253 g/mol. The molecule has 3 heteroatoms. The van der Waals surface area contributed by atoms with E-state index >= 15 is 0 Å². The van der Waals surface area contributed by atoms with Crippen LogP contribution in [0.1, 0.15) is 46.0 Å². The third-order valence-corrected chi connectivity index (χ3v) is 4.60. The van der Waals surface area contributed by atoms with E-state index in [2.05, 4.69) is 29.0 Å². The summed E-state index contributed by atoms with van der Waals surface area (Å²) in [6.07, 6.45) is 7.13. The van der Waals surface area contributed by atoms with Gasteiger partial charge in [0.2, 0.25) is 0 Å². The summed E-state index contributed by atoms with van der Waals surface area (Å²) in [6, 6.07) is 1.53. The highest BCUT2D eigenvalue weighted by Gasteiger charge is 2.18. The van der Waals surface area contributed by atoms with Crippen molar-refractivity contribution in [1.29, 1.82) is 0 Å². The summed E-state index contributed by atoms with van der Waals surface area (Å²) in [6.45, 7) is 12.0. The van der Waals surface area contributed by atoms with Gasteiger partial charge in [0, 0.05) is 51.4 Å². The molecule has 0 aromatic carbocycles. The summed E-state index contributed by atoms with van der Waals surface area (Å²) in [4.78, 5) is 5.21. The van der Waals surface area contributed by atoms with Gasteiger partial charge in [-0.3, -0.25) is 9.80 Å². The molecule has 0 radical (unpaired) electrons. The first-order valence-corrected chi connectivity index (χ1v) is 7.95. The second-order valence-electron chi connectivity index (χ2n) is 6.26. The number of piperazine rings is 1. The molecule has 0 atom stereocenters. The van der Waals surface area contributed by atoms with Gasteiger partial charge in [-0.15, -0.1) is 0 Å². The largest absolute Gasteiger partial charge is 0.313 e. The fourth-order valence-electron chi connectivity index (χ4n) is 3.24. The number of hydrogen-bond donors (Lipinski definition) is 1. The molecule has 0 bridgehead atoms. The molecule has 1 saturated carbocycles. The van der Waals surface area contributed by atoms with Gasteiger partial charge in [0.15, 0.2) is 0 Å². The van der Waals surface area contributed by atoms with E-state index in [1.165, 1.54) is 71.4 Å². The fraction of sp³-hybridized carbons (Fsp3) is 1.00. The van der Waals surface area contributed by atoms with Gasteiger partial charge in [0.05, 0.1) is 0 Å². The van der Waals surface area contributed by atoms with Crippen LogP contribution in [0, 0.1) is 0 Å². The minimum atomic E-state index is 0.715. The van der Waals surface area contributed by atoms with Gasteiger partial charge in [0.1, 0.15) is 0 Å². The topological polar surface area (TPSA) is 18.5 Å². The lowest BCUT2D eigenvalue weighted by atomic mass is 9.95. The summed E-state index contributed by atoms with van der Waals surface area (Å²) in [5, 5.41) is 3.75. The highest BCUT2D eigenvalue weighted by atomic mass is 15.3. The van der Waals surface area contributed by atoms with Gasteiger partial charge < -0.3 is 5.32 Å². The third kappa shape index (κ3) is 4.52. The highest BCUT2D eigenvalue weighted by molar-refractivity contribution is 4.76. The van der Waals surface area contributed by atoms with Crippen LogP contribution in [0.15, 0.2) is 0 Å². The van der Waals surface area contributed by atoms with Crippen molar-refractivity contribution in [2.24, 2.45) is 0 Å². The van der Waals surface area contributed by atoms with Gasteiger partial charge in [-0.1, -0.05) is 19.3 Å². The Balaban J connectivity index is 1.55. The standard InChI is InChI=1S/C15H31N3/c1-14(2)18-12-10-17(11-13-18)9-8-16-15-6-4-3-5-7-15/h14-16H,3-13H2,1-2H3. The molecule has 0 spiro atoms. The summed E-state index contributed by atoms with van der Waals surface area (Å²) in [7, 11) is 0. The van der Waals surface area contributed by atoms with Gasteiger partial charge in [-0.2, -0.15) is 0 Å². The lowest BCUT2D eigenvalue weighted by Crippen LogP contribution is -2.50. The van der Waals surface area contributed by atoms with Crippen molar-refractivity contribution in [3.8, 4) is 0 Å². The minimum Gasteiger partial charge on any atom is -0.313 e. The third-order valence-electron chi connectivity index (χ3n) is 4.60. The zero-order chi connectivity index (χ0) is 12.8. The van der Waals surface area contributed by atoms with Crippen molar-refractivity contribution in [1.82, 2.24) is 15.1 Å². The van der Waals surface area contributed by atoms with Crippen LogP contribution >= 0.6 is 0 Å². The molecule has 2 fully saturated rings. The normalized spacial score (nSPS) is 24.8. The van der Waals surface area contributed by atoms with E-state index in [1.807, 2.05) is 0 Å². The molecule has 2 aliphatic rings. The van der Waals surface area contributed by atoms with Crippen molar-refractivity contribution < 1.29 is 0 Å². The zero-order valence-electron chi connectivity index (χ0n) is 12.3. The van der Waals surface area contributed by atoms with Crippen LogP contribution in [-0.4, -0.2) is 61.2 Å². The van der Waals surface area contributed by atoms with Crippen molar-refractivity contribution in [2.45, 2.75) is 58.0 Å². The number of rotatable bonds is 5. The van der Waals surface area contributed by atoms with Crippen molar-refractivity contribution in [3.05, 3.63) is 0 Å². The molecule has 1 heterocycles. The Kier molecular flexibility index (Phi) is 5.93. The molecular weight excluding hydrogens is 222 g/mol. The molecule has 1 saturated heterocycles. The van der Waals surface area contributed by atoms with E-state index in [1.54, 1.807) is 0 Å². The zero-order valence-corrected chi connectivity index (χ0v) is 12.3. The van der Waals surface area contributed by atoms with E-state index < -0.39 is 0 Å². The number of nitrogens with zero attached hydrogens (tertiary/aromatic N) is 2. The Morgan fingerprint density at radius 1 is 1.00 bits per heavy atom. The molecule has 0 unspecified atom stereocenters. The first-order valence-electron chi connectivity index (χ1n) is 7.95. The van der Waals surface area contributed by atoms with Gasteiger partial charge in [-0.25, -0.2) is 0 Å². The van der Waals surface area contributed by atoms with Crippen molar-refractivity contribution >= 4 is 0 Å². The van der Waals surface area contributed by atoms with E-state index in [9.17, 15) is 0 Å². The van der Waals surface area contributed by atoms with Gasteiger partial charge >= 0.3 is 0 Å². The van der Waals surface area contributed by atoms with Crippen LogP contribution in [0.2, 0.25) is 0 Å². The predicted octanol–water partition coefficient (Wildman–Crippen LogP) is 1.93. The predicted molar refractivity (Wildman–Crippen MR) is 78.0 cm³/mol. The molecule has 3 nitrogen and oxygen atoms in total. The van der Waals surface area contributed by atoms with Crippen LogP contribution < -0.4 is 5.32 Å². The molecule has 18 heavy (non-hydrogen) atoms. The summed E-state index contributed by atoms with van der Waals surface area (Å²) >= 11 is 0. The van der Waals surface area contributed by atoms with Crippen LogP contribution in [0.5, 0.6) is 0 Å². The number of nitrogens with one attached hydrogen (secondary N) is 1. The quantitative estimate of drug-likeness (QED) is 0.808. The van der Waals surface area contributed by atoms with E-state index in [0.717, 1.165) is 6.04 Å². The Morgan fingerprint density at radius 2 is 1.67 bits per heavy atom. The van der Waals surface area contributed by atoms with Gasteiger partial charge in [-0.05, 0) is 26.7 Å². The number of hydrogen-bond acceptors (Lipinski definition) is 3. The van der Waals surface area contributed by atoms with Crippen LogP contribution in [0.3, 0.4) is 0 Å². The first-order chi connectivity index (χ1) is 8.75. The summed E-state index contributed by atoms with van der Waals surface area (Å²) in [5.41, 5.74) is 0. The van der Waals surface area contributed by atoms with Crippen molar-refractivity contribution in [3.63, 3.8) is 0 Å². The second kappa shape index (κ2) is 7.46. The Hall–Kier alpha value is -0.120. The summed E-state index contributed by atoms with van der Waals surface area (Å²) in [5.74, 6) is 0. The van der Waals surface area contributed by atoms with E-state index in [0.29, 0.717) is 6.04 Å². The van der Waals surface area contributed by atoms with Crippen LogP contribution in [-0.2, 0) is 0 Å². The maximum absolute atomic E-state index is 3.75. The van der Waals surface area contributed by atoms with Gasteiger partial charge in [0.25, 0.3) is 0 Å². The fourth-order valence-corrected chi connectivity index (χ4v) is 3.24. The highest BCUT2D eigenvalue weighted by Crippen LogP contribution is 2.17. The SMILES string of the molecule is CC(C)N1CCN(CCNC2CCCCC2)CC1. The molecule has 1 aliphatic carbocycles. The van der Waals surface area contributed by atoms with Crippen LogP contribution in [0.25, 0.3) is 0 Å². The maximum atomic E-state index is 3.75. The summed E-state index contributed by atoms with van der Waals surface area (Å²) < 4.78 is 0. The molecule has 0 aromatic heterocycles. The average molecular weight is 253 g/mol. The second-order valence-corrected chi connectivity index (χ2v) is 6.26. The van der Waals surface area contributed by atoms with E-state index in [4.69, 9.17) is 0 Å². The molecule has 2 rings (SSSR count). The van der Waals surface area contributed by atoms with Crippen LogP contribution in [0.4, 0.5) is 0 Å². The molecule has 106 valence electrons.